The Bertz CT molecular complexity index is 191. The van der Waals surface area contributed by atoms with Crippen LogP contribution in [0.4, 0.5) is 0 Å². The van der Waals surface area contributed by atoms with E-state index in [1.165, 1.54) is 7.05 Å². The van der Waals surface area contributed by atoms with E-state index in [2.05, 4.69) is 5.32 Å². The Kier molecular flexibility index (Phi) is 5.30. The lowest BCUT2D eigenvalue weighted by molar-refractivity contribution is -0.144. The number of carboxylic acid groups (broad SMARTS) is 1. The summed E-state index contributed by atoms with van der Waals surface area (Å²) >= 11 is 0. The molecule has 2 unspecified atom stereocenters. The molecule has 0 rings (SSSR count). The minimum atomic E-state index is -1.10. The van der Waals surface area contributed by atoms with Gasteiger partial charge in [-0.2, -0.15) is 0 Å². The number of aliphatic carboxylic acids is 1. The molecule has 0 aliphatic heterocycles. The standard InChI is InChI=1S/C9H17NO3/c1-4-5-6(2)8(11)7(10-3)9(12)13/h6-7,10H,4-5H2,1-3H3,(H,12,13). The quantitative estimate of drug-likeness (QED) is 0.600. The topological polar surface area (TPSA) is 66.4 Å². The van der Waals surface area contributed by atoms with E-state index in [1.54, 1.807) is 6.92 Å². The normalized spacial score (nSPS) is 15.0. The van der Waals surface area contributed by atoms with E-state index in [0.29, 0.717) is 0 Å². The highest BCUT2D eigenvalue weighted by molar-refractivity contribution is 6.03. The summed E-state index contributed by atoms with van der Waals surface area (Å²) in [5.41, 5.74) is 0. The molecule has 0 aromatic carbocycles. The summed E-state index contributed by atoms with van der Waals surface area (Å²) in [4.78, 5) is 22.1. The Morgan fingerprint density at radius 1 is 1.46 bits per heavy atom. The molecule has 0 radical (unpaired) electrons. The number of hydrogen-bond donors (Lipinski definition) is 2. The van der Waals surface area contributed by atoms with Gasteiger partial charge in [-0.25, -0.2) is 0 Å². The van der Waals surface area contributed by atoms with Gasteiger partial charge < -0.3 is 10.4 Å². The second-order valence-corrected chi connectivity index (χ2v) is 3.15. The maximum atomic E-state index is 11.5. The van der Waals surface area contributed by atoms with Crippen molar-refractivity contribution in [3.05, 3.63) is 0 Å². The number of nitrogens with one attached hydrogen (secondary N) is 1. The third kappa shape index (κ3) is 3.55. The van der Waals surface area contributed by atoms with E-state index in [1.807, 2.05) is 6.92 Å². The van der Waals surface area contributed by atoms with Gasteiger partial charge in [-0.1, -0.05) is 20.3 Å². The lowest BCUT2D eigenvalue weighted by atomic mass is 9.96. The SMILES string of the molecule is CCCC(C)C(=O)C(NC)C(=O)O. The number of carboxylic acids is 1. The summed E-state index contributed by atoms with van der Waals surface area (Å²) in [5, 5.41) is 11.2. The van der Waals surface area contributed by atoms with Crippen LogP contribution in [-0.2, 0) is 9.59 Å². The molecule has 0 fully saturated rings. The number of Topliss-reactive ketones (excluding diaryl/α,β-unsaturated/α-hetero) is 1. The summed E-state index contributed by atoms with van der Waals surface area (Å²) in [7, 11) is 1.48. The van der Waals surface area contributed by atoms with Gasteiger partial charge in [0.05, 0.1) is 0 Å². The molecule has 4 nitrogen and oxygen atoms in total. The van der Waals surface area contributed by atoms with Crippen LogP contribution in [-0.4, -0.2) is 29.9 Å². The van der Waals surface area contributed by atoms with Crippen LogP contribution in [0.3, 0.4) is 0 Å². The fraction of sp³-hybridized carbons (Fsp3) is 0.778. The second kappa shape index (κ2) is 5.70. The predicted octanol–water partition coefficient (Wildman–Crippen LogP) is 0.664. The molecule has 0 spiro atoms. The molecule has 2 atom stereocenters. The van der Waals surface area contributed by atoms with E-state index in [4.69, 9.17) is 5.11 Å². The van der Waals surface area contributed by atoms with Crippen molar-refractivity contribution >= 4 is 11.8 Å². The van der Waals surface area contributed by atoms with Crippen molar-refractivity contribution < 1.29 is 14.7 Å². The van der Waals surface area contributed by atoms with Crippen molar-refractivity contribution in [3.8, 4) is 0 Å². The van der Waals surface area contributed by atoms with E-state index in [9.17, 15) is 9.59 Å². The van der Waals surface area contributed by atoms with Gasteiger partial charge in [0.15, 0.2) is 11.8 Å². The second-order valence-electron chi connectivity index (χ2n) is 3.15. The number of carbonyl (C=O) groups is 2. The molecule has 0 aromatic heterocycles. The third-order valence-electron chi connectivity index (χ3n) is 2.03. The zero-order valence-electron chi connectivity index (χ0n) is 8.33. The summed E-state index contributed by atoms with van der Waals surface area (Å²) in [5.74, 6) is -1.52. The van der Waals surface area contributed by atoms with E-state index in [-0.39, 0.29) is 11.7 Å². The average Bonchev–Trinajstić information content (AvgIpc) is 2.05. The first-order chi connectivity index (χ1) is 6.04. The van der Waals surface area contributed by atoms with Crippen LogP contribution in [0.5, 0.6) is 0 Å². The maximum Gasteiger partial charge on any atom is 0.328 e. The van der Waals surface area contributed by atoms with Crippen LogP contribution in [0.2, 0.25) is 0 Å². The highest BCUT2D eigenvalue weighted by atomic mass is 16.4. The summed E-state index contributed by atoms with van der Waals surface area (Å²) in [6.45, 7) is 3.73. The van der Waals surface area contributed by atoms with E-state index in [0.717, 1.165) is 12.8 Å². The lowest BCUT2D eigenvalue weighted by Crippen LogP contribution is -2.43. The van der Waals surface area contributed by atoms with Gasteiger partial charge in [0.25, 0.3) is 0 Å². The minimum absolute atomic E-state index is 0.182. The molecule has 0 saturated carbocycles. The van der Waals surface area contributed by atoms with Crippen molar-refractivity contribution in [2.75, 3.05) is 7.05 Å². The molecule has 13 heavy (non-hydrogen) atoms. The molecule has 0 aliphatic carbocycles. The van der Waals surface area contributed by atoms with E-state index >= 15 is 0 Å². The lowest BCUT2D eigenvalue weighted by Gasteiger charge is -2.14. The van der Waals surface area contributed by atoms with Crippen LogP contribution < -0.4 is 5.32 Å². The summed E-state index contributed by atoms with van der Waals surface area (Å²) < 4.78 is 0. The largest absolute Gasteiger partial charge is 0.480 e. The van der Waals surface area contributed by atoms with Crippen molar-refractivity contribution in [1.82, 2.24) is 5.32 Å². The molecule has 0 aromatic rings. The smallest absolute Gasteiger partial charge is 0.328 e. The number of rotatable bonds is 6. The van der Waals surface area contributed by atoms with Gasteiger partial charge in [-0.15, -0.1) is 0 Å². The van der Waals surface area contributed by atoms with Crippen LogP contribution >= 0.6 is 0 Å². The monoisotopic (exact) mass is 187 g/mol. The van der Waals surface area contributed by atoms with Crippen molar-refractivity contribution in [3.63, 3.8) is 0 Å². The molecule has 0 saturated heterocycles. The maximum absolute atomic E-state index is 11.5. The average molecular weight is 187 g/mol. The molecule has 2 N–H and O–H groups in total. The van der Waals surface area contributed by atoms with Gasteiger partial charge in [0.1, 0.15) is 0 Å². The Morgan fingerprint density at radius 2 is 2.00 bits per heavy atom. The Hall–Kier alpha value is -0.900. The van der Waals surface area contributed by atoms with Crippen LogP contribution in [0.15, 0.2) is 0 Å². The first-order valence-corrected chi connectivity index (χ1v) is 4.48. The summed E-state index contributed by atoms with van der Waals surface area (Å²) in [6, 6.07) is -1.05. The molecule has 0 bridgehead atoms. The van der Waals surface area contributed by atoms with Gasteiger partial charge >= 0.3 is 5.97 Å². The van der Waals surface area contributed by atoms with Gasteiger partial charge in [-0.05, 0) is 13.5 Å². The zero-order valence-corrected chi connectivity index (χ0v) is 8.33. The molecule has 0 heterocycles. The van der Waals surface area contributed by atoms with Crippen molar-refractivity contribution in [2.24, 2.45) is 5.92 Å². The van der Waals surface area contributed by atoms with Gasteiger partial charge in [-0.3, -0.25) is 9.59 Å². The van der Waals surface area contributed by atoms with Crippen LogP contribution in [0, 0.1) is 5.92 Å². The molecular formula is C9H17NO3. The molecule has 76 valence electrons. The molecular weight excluding hydrogens is 170 g/mol. The predicted molar refractivity (Wildman–Crippen MR) is 49.6 cm³/mol. The number of carbonyl (C=O) groups excluding carboxylic acids is 1. The van der Waals surface area contributed by atoms with Crippen LogP contribution in [0.1, 0.15) is 26.7 Å². The Balaban J connectivity index is 4.28. The van der Waals surface area contributed by atoms with Gasteiger partial charge in [0.2, 0.25) is 0 Å². The van der Waals surface area contributed by atoms with Crippen molar-refractivity contribution in [1.29, 1.82) is 0 Å². The van der Waals surface area contributed by atoms with E-state index < -0.39 is 12.0 Å². The first-order valence-electron chi connectivity index (χ1n) is 4.48. The Labute approximate surface area is 78.3 Å². The molecule has 4 heteroatoms. The number of hydrogen-bond acceptors (Lipinski definition) is 3. The summed E-state index contributed by atoms with van der Waals surface area (Å²) in [6.07, 6.45) is 1.63. The minimum Gasteiger partial charge on any atom is -0.480 e. The molecule has 0 aliphatic rings. The van der Waals surface area contributed by atoms with Crippen LogP contribution in [0.25, 0.3) is 0 Å². The Morgan fingerprint density at radius 3 is 2.31 bits per heavy atom. The highest BCUT2D eigenvalue weighted by Gasteiger charge is 2.27. The highest BCUT2D eigenvalue weighted by Crippen LogP contribution is 2.08. The fourth-order valence-electron chi connectivity index (χ4n) is 1.25. The zero-order chi connectivity index (χ0) is 10.4. The first kappa shape index (κ1) is 12.1. The molecule has 0 amide bonds. The number of likely N-dealkylation sites (N-methyl/N-ethyl adjacent to an activating group) is 1. The third-order valence-corrected chi connectivity index (χ3v) is 2.03. The van der Waals surface area contributed by atoms with Crippen molar-refractivity contribution in [2.45, 2.75) is 32.7 Å². The fourth-order valence-corrected chi connectivity index (χ4v) is 1.25. The number of ketones is 1. The van der Waals surface area contributed by atoms with Gasteiger partial charge in [0, 0.05) is 5.92 Å².